The number of amides is 4. The normalized spacial score (nSPS) is 17.4. The summed E-state index contributed by atoms with van der Waals surface area (Å²) in [5, 5.41) is 20.5. The number of phenolic OH excluding ortho intramolecular Hbond substituents is 1. The molecular weight excluding hydrogens is 330 g/mol. The Balaban J connectivity index is 2.19. The van der Waals surface area contributed by atoms with E-state index in [9.17, 15) is 29.4 Å². The lowest BCUT2D eigenvalue weighted by Crippen LogP contribution is -2.57. The van der Waals surface area contributed by atoms with Crippen molar-refractivity contribution in [1.29, 1.82) is 0 Å². The van der Waals surface area contributed by atoms with Crippen molar-refractivity contribution in [3.8, 4) is 5.75 Å². The molecule has 0 saturated carbocycles. The lowest BCUT2D eigenvalue weighted by Gasteiger charge is -2.31. The molecule has 1 aliphatic rings. The molecule has 0 radical (unpaired) electrons. The number of benzene rings is 1. The lowest BCUT2D eigenvalue weighted by molar-refractivity contribution is -0.307. The zero-order valence-corrected chi connectivity index (χ0v) is 13.6. The summed E-state index contributed by atoms with van der Waals surface area (Å²) in [6.45, 7) is 0. The van der Waals surface area contributed by atoms with Crippen molar-refractivity contribution in [2.24, 2.45) is 10.9 Å². The van der Waals surface area contributed by atoms with Gasteiger partial charge in [0.1, 0.15) is 5.75 Å². The van der Waals surface area contributed by atoms with Crippen LogP contribution in [0.3, 0.4) is 0 Å². The van der Waals surface area contributed by atoms with Crippen LogP contribution in [-0.2, 0) is 20.8 Å². The Labute approximate surface area is 143 Å². The van der Waals surface area contributed by atoms with Crippen LogP contribution in [0.2, 0.25) is 0 Å². The van der Waals surface area contributed by atoms with Crippen LogP contribution in [0.5, 0.6) is 5.75 Å². The van der Waals surface area contributed by atoms with Crippen molar-refractivity contribution in [2.45, 2.75) is 12.5 Å². The van der Waals surface area contributed by atoms with Gasteiger partial charge in [0.05, 0.1) is 12.0 Å². The van der Waals surface area contributed by atoms with Crippen LogP contribution in [0.25, 0.3) is 0 Å². The van der Waals surface area contributed by atoms with Crippen LogP contribution >= 0.6 is 0 Å². The summed E-state index contributed by atoms with van der Waals surface area (Å²) in [6, 6.07) is 3.76. The fraction of sp³-hybridized carbons (Fsp3) is 0.312. The van der Waals surface area contributed by atoms with Gasteiger partial charge in [-0.05, 0) is 17.7 Å². The number of carbonyl (C=O) groups is 4. The second kappa shape index (κ2) is 7.12. The first kappa shape index (κ1) is 18.1. The largest absolute Gasteiger partial charge is 0.548 e. The smallest absolute Gasteiger partial charge is 0.332 e. The van der Waals surface area contributed by atoms with E-state index >= 15 is 0 Å². The second-order valence-electron chi connectivity index (χ2n) is 5.56. The first-order chi connectivity index (χ1) is 11.7. The molecule has 132 valence electrons. The molecule has 1 N–H and O–H groups in total. The van der Waals surface area contributed by atoms with Gasteiger partial charge in [-0.2, -0.15) is 0 Å². The predicted molar refractivity (Wildman–Crippen MR) is 83.5 cm³/mol. The number of carboxylic acids is 1. The van der Waals surface area contributed by atoms with Crippen molar-refractivity contribution in [3.63, 3.8) is 0 Å². The quantitative estimate of drug-likeness (QED) is 0.526. The maximum Gasteiger partial charge on any atom is 0.332 e. The number of hydrogen-bond donors (Lipinski definition) is 1. The molecule has 1 fully saturated rings. The average molecular weight is 346 g/mol. The number of nitrogens with zero attached hydrogens (tertiary/aromatic N) is 3. The summed E-state index contributed by atoms with van der Waals surface area (Å²) in [7, 11) is 2.45. The molecule has 1 aromatic rings. The highest BCUT2D eigenvalue weighted by Gasteiger charge is 2.41. The Hall–Kier alpha value is -3.23. The number of aromatic hydroxyl groups is 1. The first-order valence-electron chi connectivity index (χ1n) is 7.33. The summed E-state index contributed by atoms with van der Waals surface area (Å²) in [5.74, 6) is -4.37. The van der Waals surface area contributed by atoms with Crippen molar-refractivity contribution in [3.05, 3.63) is 29.8 Å². The summed E-state index contributed by atoms with van der Waals surface area (Å²) in [6.07, 6.45) is 0.893. The van der Waals surface area contributed by atoms with E-state index in [4.69, 9.17) is 0 Å². The number of aliphatic imine (C=N–C) groups is 1. The number of hydrogen-bond acceptors (Lipinski definition) is 7. The molecule has 0 spiro atoms. The number of phenols is 1. The summed E-state index contributed by atoms with van der Waals surface area (Å²) < 4.78 is 0. The fourth-order valence-electron chi connectivity index (χ4n) is 2.31. The number of rotatable bonds is 5. The Morgan fingerprint density at radius 3 is 2.20 bits per heavy atom. The third kappa shape index (κ3) is 3.82. The average Bonchev–Trinajstić information content (AvgIpc) is 2.58. The fourth-order valence-corrected chi connectivity index (χ4v) is 2.31. The molecule has 9 nitrogen and oxygen atoms in total. The van der Waals surface area contributed by atoms with E-state index in [0.29, 0.717) is 5.56 Å². The van der Waals surface area contributed by atoms with Crippen LogP contribution in [0.15, 0.2) is 29.3 Å². The standard InChI is InChI=1S/C16H17N3O6/c1-18-13(21)11(14(22)19(2)16(18)25)8-17-12(15(23)24)7-9-3-5-10(20)6-4-9/h3-6,8,11-12,20H,7H2,1-2H3,(H,23,24)/p-1/t12-/m0/s1. The van der Waals surface area contributed by atoms with Gasteiger partial charge in [0, 0.05) is 26.7 Å². The highest BCUT2D eigenvalue weighted by molar-refractivity contribution is 6.23. The zero-order chi connectivity index (χ0) is 18.7. The van der Waals surface area contributed by atoms with E-state index in [1.807, 2.05) is 0 Å². The lowest BCUT2D eigenvalue weighted by atomic mass is 10.0. The number of urea groups is 1. The molecule has 0 bridgehead atoms. The highest BCUT2D eigenvalue weighted by atomic mass is 16.4. The minimum Gasteiger partial charge on any atom is -0.548 e. The summed E-state index contributed by atoms with van der Waals surface area (Å²) in [4.78, 5) is 52.4. The van der Waals surface area contributed by atoms with Crippen LogP contribution in [0.1, 0.15) is 5.56 Å². The number of carbonyl (C=O) groups excluding carboxylic acids is 4. The maximum absolute atomic E-state index is 12.0. The molecular formula is C16H16N3O6-. The monoisotopic (exact) mass is 346 g/mol. The number of carboxylic acid groups (broad SMARTS) is 1. The Morgan fingerprint density at radius 1 is 1.20 bits per heavy atom. The van der Waals surface area contributed by atoms with E-state index in [1.165, 1.54) is 38.4 Å². The van der Waals surface area contributed by atoms with Crippen molar-refractivity contribution >= 4 is 30.0 Å². The van der Waals surface area contributed by atoms with E-state index in [-0.39, 0.29) is 12.2 Å². The molecule has 1 aromatic carbocycles. The van der Waals surface area contributed by atoms with Crippen LogP contribution < -0.4 is 5.11 Å². The Morgan fingerprint density at radius 2 is 1.72 bits per heavy atom. The van der Waals surface area contributed by atoms with Gasteiger partial charge in [0.15, 0.2) is 5.92 Å². The van der Waals surface area contributed by atoms with Gasteiger partial charge < -0.3 is 15.0 Å². The van der Waals surface area contributed by atoms with E-state index in [0.717, 1.165) is 16.0 Å². The third-order valence-corrected chi connectivity index (χ3v) is 3.82. The molecule has 25 heavy (non-hydrogen) atoms. The number of aliphatic carboxylic acids is 1. The zero-order valence-electron chi connectivity index (χ0n) is 13.6. The van der Waals surface area contributed by atoms with E-state index in [1.54, 1.807) is 0 Å². The predicted octanol–water partition coefficient (Wildman–Crippen LogP) is -1.21. The Kier molecular flexibility index (Phi) is 5.16. The Bertz CT molecular complexity index is 719. The molecule has 1 heterocycles. The van der Waals surface area contributed by atoms with Crippen LogP contribution in [-0.4, -0.2) is 65.1 Å². The van der Waals surface area contributed by atoms with Gasteiger partial charge in [0.25, 0.3) is 0 Å². The molecule has 2 rings (SSSR count). The molecule has 1 aliphatic heterocycles. The van der Waals surface area contributed by atoms with Crippen molar-refractivity contribution < 1.29 is 29.4 Å². The van der Waals surface area contributed by atoms with Crippen molar-refractivity contribution in [2.75, 3.05) is 14.1 Å². The highest BCUT2D eigenvalue weighted by Crippen LogP contribution is 2.15. The molecule has 0 aliphatic carbocycles. The molecule has 0 aromatic heterocycles. The minimum absolute atomic E-state index is 0.0337. The third-order valence-electron chi connectivity index (χ3n) is 3.82. The van der Waals surface area contributed by atoms with Gasteiger partial charge >= 0.3 is 6.03 Å². The van der Waals surface area contributed by atoms with E-state index < -0.39 is 35.8 Å². The second-order valence-corrected chi connectivity index (χ2v) is 5.56. The van der Waals surface area contributed by atoms with Crippen LogP contribution in [0, 0.1) is 5.92 Å². The van der Waals surface area contributed by atoms with Crippen molar-refractivity contribution in [1.82, 2.24) is 9.80 Å². The number of imide groups is 2. The molecule has 4 amide bonds. The number of barbiturate groups is 1. The SMILES string of the molecule is CN1C(=O)C(C=N[C@@H](Cc2ccc(O)cc2)C(=O)[O-])C(=O)N(C)C1=O. The summed E-state index contributed by atoms with van der Waals surface area (Å²) in [5.41, 5.74) is 0.579. The molecule has 1 atom stereocenters. The van der Waals surface area contributed by atoms with Gasteiger partial charge in [-0.15, -0.1) is 0 Å². The van der Waals surface area contributed by atoms with Gasteiger partial charge in [-0.1, -0.05) is 12.1 Å². The van der Waals surface area contributed by atoms with Crippen LogP contribution in [0.4, 0.5) is 4.79 Å². The van der Waals surface area contributed by atoms with Gasteiger partial charge in [-0.25, -0.2) is 4.79 Å². The first-order valence-corrected chi connectivity index (χ1v) is 7.33. The summed E-state index contributed by atoms with van der Waals surface area (Å²) >= 11 is 0. The maximum atomic E-state index is 12.0. The van der Waals surface area contributed by atoms with Gasteiger partial charge in [0.2, 0.25) is 11.8 Å². The van der Waals surface area contributed by atoms with Gasteiger partial charge in [-0.3, -0.25) is 24.4 Å². The minimum atomic E-state index is -1.47. The molecule has 0 unspecified atom stereocenters. The topological polar surface area (TPSA) is 130 Å². The molecule has 9 heteroatoms. The molecule has 1 saturated heterocycles. The van der Waals surface area contributed by atoms with E-state index in [2.05, 4.69) is 4.99 Å².